The number of hydrogen-bond donors (Lipinski definition) is 3. The number of para-hydroxylation sites is 2. The molecule has 0 bridgehead atoms. The lowest BCUT2D eigenvalue weighted by atomic mass is 10.3. The molecule has 0 saturated heterocycles. The van der Waals surface area contributed by atoms with E-state index in [0.717, 1.165) is 5.69 Å². The minimum Gasteiger partial charge on any atom is -0.493 e. The average Bonchev–Trinajstić information content (AvgIpc) is 2.60. The predicted molar refractivity (Wildman–Crippen MR) is 97.4 cm³/mol. The van der Waals surface area contributed by atoms with Gasteiger partial charge < -0.3 is 14.8 Å². The van der Waals surface area contributed by atoms with Gasteiger partial charge in [0.2, 0.25) is 0 Å². The van der Waals surface area contributed by atoms with Crippen molar-refractivity contribution >= 4 is 40.5 Å². The Labute approximate surface area is 150 Å². The van der Waals surface area contributed by atoms with Crippen molar-refractivity contribution in [3.05, 3.63) is 53.6 Å². The summed E-state index contributed by atoms with van der Waals surface area (Å²) in [7, 11) is 1.53. The molecular weight excluding hydrogens is 350 g/mol. The van der Waals surface area contributed by atoms with Crippen molar-refractivity contribution in [3.63, 3.8) is 0 Å². The highest BCUT2D eigenvalue weighted by Gasteiger charge is 2.07. The summed E-state index contributed by atoms with van der Waals surface area (Å²) >= 11 is 10.9. The second kappa shape index (κ2) is 8.95. The van der Waals surface area contributed by atoms with Crippen LogP contribution >= 0.6 is 23.8 Å². The van der Waals surface area contributed by atoms with Gasteiger partial charge in [0.1, 0.15) is 0 Å². The van der Waals surface area contributed by atoms with Crippen molar-refractivity contribution in [1.82, 2.24) is 10.9 Å². The van der Waals surface area contributed by atoms with Crippen LogP contribution in [0.4, 0.5) is 5.69 Å². The van der Waals surface area contributed by atoms with Gasteiger partial charge in [-0.15, -0.1) is 0 Å². The molecule has 0 aromatic heterocycles. The van der Waals surface area contributed by atoms with E-state index in [0.29, 0.717) is 16.5 Å². The van der Waals surface area contributed by atoms with Crippen LogP contribution in [-0.2, 0) is 4.79 Å². The van der Waals surface area contributed by atoms with E-state index in [-0.39, 0.29) is 17.6 Å². The molecule has 0 aliphatic carbocycles. The van der Waals surface area contributed by atoms with Crippen molar-refractivity contribution in [1.29, 1.82) is 0 Å². The lowest BCUT2D eigenvalue weighted by Gasteiger charge is -2.13. The third-order valence-electron chi connectivity index (χ3n) is 2.85. The van der Waals surface area contributed by atoms with Crippen LogP contribution in [0.15, 0.2) is 48.5 Å². The Morgan fingerprint density at radius 2 is 1.75 bits per heavy atom. The molecule has 2 aromatic carbocycles. The van der Waals surface area contributed by atoms with Crippen LogP contribution in [0.1, 0.15) is 0 Å². The number of carbonyl (C=O) groups is 1. The smallest absolute Gasteiger partial charge is 0.276 e. The van der Waals surface area contributed by atoms with Crippen LogP contribution in [-0.4, -0.2) is 24.7 Å². The Hall–Kier alpha value is -2.51. The number of halogens is 1. The SMILES string of the molecule is COc1ccccc1OCC(=O)NNC(=S)Nc1ccc(Cl)cc1. The van der Waals surface area contributed by atoms with Crippen LogP contribution in [0.25, 0.3) is 0 Å². The third kappa shape index (κ3) is 5.60. The molecule has 0 fully saturated rings. The molecule has 6 nitrogen and oxygen atoms in total. The third-order valence-corrected chi connectivity index (χ3v) is 3.30. The van der Waals surface area contributed by atoms with Crippen LogP contribution in [0.3, 0.4) is 0 Å². The summed E-state index contributed by atoms with van der Waals surface area (Å²) in [6.07, 6.45) is 0. The van der Waals surface area contributed by atoms with Gasteiger partial charge in [0.05, 0.1) is 7.11 Å². The number of hydrazine groups is 1. The number of thiocarbonyl (C=S) groups is 1. The van der Waals surface area contributed by atoms with Gasteiger partial charge >= 0.3 is 0 Å². The molecular formula is C16H16ClN3O3S. The summed E-state index contributed by atoms with van der Waals surface area (Å²) in [5.41, 5.74) is 5.77. The Kier molecular flexibility index (Phi) is 6.65. The van der Waals surface area contributed by atoms with E-state index in [9.17, 15) is 4.79 Å². The van der Waals surface area contributed by atoms with Gasteiger partial charge in [0.25, 0.3) is 5.91 Å². The topological polar surface area (TPSA) is 71.6 Å². The number of hydrogen-bond acceptors (Lipinski definition) is 4. The first kappa shape index (κ1) is 17.8. The van der Waals surface area contributed by atoms with Crippen LogP contribution in [0, 0.1) is 0 Å². The summed E-state index contributed by atoms with van der Waals surface area (Å²) in [5.74, 6) is 0.649. The second-order valence-electron chi connectivity index (χ2n) is 4.57. The standard InChI is InChI=1S/C16H16ClN3O3S/c1-22-13-4-2-3-5-14(13)23-10-15(21)19-20-16(24)18-12-8-6-11(17)7-9-12/h2-9H,10H2,1H3,(H,19,21)(H2,18,20,24). The van der Waals surface area contributed by atoms with E-state index in [1.165, 1.54) is 7.11 Å². The Morgan fingerprint density at radius 3 is 2.42 bits per heavy atom. The number of anilines is 1. The number of amides is 1. The van der Waals surface area contributed by atoms with Gasteiger partial charge in [-0.3, -0.25) is 15.6 Å². The van der Waals surface area contributed by atoms with Crippen molar-refractivity contribution < 1.29 is 14.3 Å². The maximum absolute atomic E-state index is 11.8. The first-order valence-corrected chi connectivity index (χ1v) is 7.74. The van der Waals surface area contributed by atoms with E-state index in [1.807, 2.05) is 6.07 Å². The first-order chi connectivity index (χ1) is 11.6. The molecule has 0 saturated carbocycles. The van der Waals surface area contributed by atoms with Crippen molar-refractivity contribution in [2.24, 2.45) is 0 Å². The summed E-state index contributed by atoms with van der Waals surface area (Å²) < 4.78 is 10.5. The van der Waals surface area contributed by atoms with Gasteiger partial charge in [0, 0.05) is 10.7 Å². The first-order valence-electron chi connectivity index (χ1n) is 6.95. The summed E-state index contributed by atoms with van der Waals surface area (Å²) in [4.78, 5) is 11.8. The van der Waals surface area contributed by atoms with Crippen molar-refractivity contribution in [3.8, 4) is 11.5 Å². The number of nitrogens with one attached hydrogen (secondary N) is 3. The maximum atomic E-state index is 11.8. The number of ether oxygens (including phenoxy) is 2. The molecule has 0 aliphatic rings. The van der Waals surface area contributed by atoms with Crippen LogP contribution in [0.2, 0.25) is 5.02 Å². The van der Waals surface area contributed by atoms with E-state index in [4.69, 9.17) is 33.3 Å². The highest BCUT2D eigenvalue weighted by Crippen LogP contribution is 2.25. The van der Waals surface area contributed by atoms with Gasteiger partial charge in [-0.05, 0) is 48.6 Å². The van der Waals surface area contributed by atoms with Gasteiger partial charge in [-0.25, -0.2) is 0 Å². The monoisotopic (exact) mass is 365 g/mol. The summed E-state index contributed by atoms with van der Waals surface area (Å²) in [6, 6.07) is 14.1. The Bertz CT molecular complexity index is 710. The number of methoxy groups -OCH3 is 1. The molecule has 126 valence electrons. The minimum absolute atomic E-state index is 0.184. The Balaban J connectivity index is 1.74. The fourth-order valence-electron chi connectivity index (χ4n) is 1.74. The van der Waals surface area contributed by atoms with Crippen LogP contribution < -0.4 is 25.6 Å². The minimum atomic E-state index is -0.388. The molecule has 8 heteroatoms. The average molecular weight is 366 g/mol. The molecule has 0 heterocycles. The molecule has 0 atom stereocenters. The zero-order valence-corrected chi connectivity index (χ0v) is 14.4. The molecule has 3 N–H and O–H groups in total. The largest absolute Gasteiger partial charge is 0.493 e. The van der Waals surface area contributed by atoms with E-state index in [2.05, 4.69) is 16.2 Å². The quantitative estimate of drug-likeness (QED) is 0.559. The molecule has 2 rings (SSSR count). The second-order valence-corrected chi connectivity index (χ2v) is 5.42. The fraction of sp³-hybridized carbons (Fsp3) is 0.125. The van der Waals surface area contributed by atoms with Crippen molar-refractivity contribution in [2.45, 2.75) is 0 Å². The number of rotatable bonds is 5. The van der Waals surface area contributed by atoms with Gasteiger partial charge in [-0.1, -0.05) is 23.7 Å². The van der Waals surface area contributed by atoms with Gasteiger partial charge in [-0.2, -0.15) is 0 Å². The predicted octanol–water partition coefficient (Wildman–Crippen LogP) is 2.75. The van der Waals surface area contributed by atoms with E-state index < -0.39 is 0 Å². The lowest BCUT2D eigenvalue weighted by molar-refractivity contribution is -0.123. The maximum Gasteiger partial charge on any atom is 0.276 e. The molecule has 0 unspecified atom stereocenters. The number of benzene rings is 2. The fourth-order valence-corrected chi connectivity index (χ4v) is 2.03. The van der Waals surface area contributed by atoms with E-state index in [1.54, 1.807) is 42.5 Å². The molecule has 2 aromatic rings. The van der Waals surface area contributed by atoms with E-state index >= 15 is 0 Å². The normalized spacial score (nSPS) is 9.75. The molecule has 0 spiro atoms. The number of carbonyl (C=O) groups excluding carboxylic acids is 1. The molecule has 0 radical (unpaired) electrons. The molecule has 24 heavy (non-hydrogen) atoms. The molecule has 1 amide bonds. The summed E-state index contributed by atoms with van der Waals surface area (Å²) in [6.45, 7) is -0.184. The highest BCUT2D eigenvalue weighted by molar-refractivity contribution is 7.80. The Morgan fingerprint density at radius 1 is 1.08 bits per heavy atom. The van der Waals surface area contributed by atoms with Crippen LogP contribution in [0.5, 0.6) is 11.5 Å². The lowest BCUT2D eigenvalue weighted by Crippen LogP contribution is -2.45. The van der Waals surface area contributed by atoms with Crippen molar-refractivity contribution in [2.75, 3.05) is 19.0 Å². The zero-order chi connectivity index (χ0) is 17.4. The zero-order valence-electron chi connectivity index (χ0n) is 12.8. The molecule has 0 aliphatic heterocycles. The highest BCUT2D eigenvalue weighted by atomic mass is 35.5. The van der Waals surface area contributed by atoms with Gasteiger partial charge in [0.15, 0.2) is 23.2 Å². The summed E-state index contributed by atoms with van der Waals surface area (Å²) in [5, 5.41) is 3.77.